The maximum atomic E-state index is 11.9. The van der Waals surface area contributed by atoms with Gasteiger partial charge in [-0.3, -0.25) is 19.6 Å². The highest BCUT2D eigenvalue weighted by Gasteiger charge is 2.26. The fourth-order valence-corrected chi connectivity index (χ4v) is 1.83. The summed E-state index contributed by atoms with van der Waals surface area (Å²) in [6.07, 6.45) is 0.946. The molecule has 108 valence electrons. The van der Waals surface area contributed by atoms with Gasteiger partial charge in [0.1, 0.15) is 12.7 Å². The number of carboxylic acids is 1. The van der Waals surface area contributed by atoms with E-state index in [9.17, 15) is 19.7 Å². The molecular weight excluding hydrogens is 272 g/mol. The van der Waals surface area contributed by atoms with Gasteiger partial charge in [-0.15, -0.1) is 0 Å². The summed E-state index contributed by atoms with van der Waals surface area (Å²) in [6.45, 7) is 1.51. The molecule has 1 N–H and O–H groups in total. The summed E-state index contributed by atoms with van der Waals surface area (Å²) in [5.74, 6) is -1.79. The van der Waals surface area contributed by atoms with E-state index in [4.69, 9.17) is 9.84 Å². The minimum absolute atomic E-state index is 0.242. The van der Waals surface area contributed by atoms with E-state index in [1.165, 1.54) is 4.90 Å². The second kappa shape index (κ2) is 5.65. The Hall–Kier alpha value is -2.49. The third-order valence-electron chi connectivity index (χ3n) is 2.80. The van der Waals surface area contributed by atoms with Crippen molar-refractivity contribution >= 4 is 17.6 Å². The van der Waals surface area contributed by atoms with Crippen LogP contribution in [0.4, 0.5) is 5.69 Å². The summed E-state index contributed by atoms with van der Waals surface area (Å²) in [6, 6.07) is 0. The zero-order chi connectivity index (χ0) is 14.7. The molecule has 0 aromatic carbocycles. The molecular formula is C10H12N4O6. The van der Waals surface area contributed by atoms with Gasteiger partial charge in [0.15, 0.2) is 0 Å². The van der Waals surface area contributed by atoms with Gasteiger partial charge in [-0.05, 0) is 0 Å². The second-order valence-electron chi connectivity index (χ2n) is 4.12. The molecule has 0 aliphatic carbocycles. The van der Waals surface area contributed by atoms with Crippen LogP contribution in [0.15, 0.2) is 6.20 Å². The Balaban J connectivity index is 2.13. The minimum Gasteiger partial charge on any atom is -0.476 e. The van der Waals surface area contributed by atoms with Crippen LogP contribution in [0.2, 0.25) is 0 Å². The average molecular weight is 284 g/mol. The molecule has 0 saturated carbocycles. The molecule has 1 aliphatic heterocycles. The molecule has 10 heteroatoms. The Morgan fingerprint density at radius 2 is 2.10 bits per heavy atom. The average Bonchev–Trinajstić information content (AvgIpc) is 2.84. The van der Waals surface area contributed by atoms with E-state index in [0.717, 1.165) is 10.9 Å². The number of carbonyl (C=O) groups is 2. The van der Waals surface area contributed by atoms with Gasteiger partial charge in [0, 0.05) is 13.1 Å². The lowest BCUT2D eigenvalue weighted by Crippen LogP contribution is -2.42. The lowest BCUT2D eigenvalue weighted by molar-refractivity contribution is -0.385. The summed E-state index contributed by atoms with van der Waals surface area (Å²) in [7, 11) is 0. The normalized spacial score (nSPS) is 15.1. The molecule has 0 bridgehead atoms. The summed E-state index contributed by atoms with van der Waals surface area (Å²) >= 11 is 0. The molecule has 20 heavy (non-hydrogen) atoms. The van der Waals surface area contributed by atoms with Crippen molar-refractivity contribution in [1.82, 2.24) is 14.7 Å². The number of carbonyl (C=O) groups excluding carboxylic acids is 1. The maximum absolute atomic E-state index is 11.9. The van der Waals surface area contributed by atoms with Crippen LogP contribution in [0.3, 0.4) is 0 Å². The van der Waals surface area contributed by atoms with Crippen molar-refractivity contribution in [2.75, 3.05) is 26.3 Å². The van der Waals surface area contributed by atoms with Gasteiger partial charge in [0.05, 0.1) is 18.1 Å². The summed E-state index contributed by atoms with van der Waals surface area (Å²) in [5.41, 5.74) is -1.31. The molecule has 0 radical (unpaired) electrons. The monoisotopic (exact) mass is 284 g/mol. The number of hydrogen-bond donors (Lipinski definition) is 1. The van der Waals surface area contributed by atoms with Crippen LogP contribution < -0.4 is 0 Å². The van der Waals surface area contributed by atoms with Crippen molar-refractivity contribution in [3.63, 3.8) is 0 Å². The Bertz CT molecular complexity index is 516. The van der Waals surface area contributed by atoms with Crippen LogP contribution in [0.1, 0.15) is 10.5 Å². The van der Waals surface area contributed by atoms with Crippen molar-refractivity contribution in [2.24, 2.45) is 0 Å². The third kappa shape index (κ3) is 2.91. The number of rotatable bonds is 4. The number of aromatic carboxylic acids is 1. The molecule has 1 aliphatic rings. The van der Waals surface area contributed by atoms with Crippen LogP contribution in [0, 0.1) is 10.1 Å². The van der Waals surface area contributed by atoms with Crippen LogP contribution in [-0.4, -0.2) is 62.9 Å². The molecule has 2 heterocycles. The van der Waals surface area contributed by atoms with Gasteiger partial charge < -0.3 is 14.7 Å². The number of nitrogens with zero attached hydrogens (tertiary/aromatic N) is 4. The molecule has 1 fully saturated rings. The van der Waals surface area contributed by atoms with E-state index in [0.29, 0.717) is 26.3 Å². The third-order valence-corrected chi connectivity index (χ3v) is 2.80. The van der Waals surface area contributed by atoms with Gasteiger partial charge in [0.2, 0.25) is 11.6 Å². The molecule has 10 nitrogen and oxygen atoms in total. The highest BCUT2D eigenvalue weighted by molar-refractivity contribution is 5.90. The first-order valence-corrected chi connectivity index (χ1v) is 5.79. The predicted molar refractivity (Wildman–Crippen MR) is 63.2 cm³/mol. The molecule has 1 saturated heterocycles. The van der Waals surface area contributed by atoms with Gasteiger partial charge in [-0.25, -0.2) is 4.79 Å². The van der Waals surface area contributed by atoms with Crippen LogP contribution in [-0.2, 0) is 16.1 Å². The minimum atomic E-state index is -1.51. The smallest absolute Gasteiger partial charge is 0.363 e. The second-order valence-corrected chi connectivity index (χ2v) is 4.12. The first kappa shape index (κ1) is 13.9. The summed E-state index contributed by atoms with van der Waals surface area (Å²) < 4.78 is 6.07. The van der Waals surface area contributed by atoms with E-state index >= 15 is 0 Å². The Labute approximate surface area is 112 Å². The SMILES string of the molecule is O=C(O)c1nn(CC(=O)N2CCOCC2)cc1[N+](=O)[O-]. The first-order valence-electron chi connectivity index (χ1n) is 5.79. The van der Waals surface area contributed by atoms with Crippen molar-refractivity contribution in [1.29, 1.82) is 0 Å². The zero-order valence-corrected chi connectivity index (χ0v) is 10.4. The van der Waals surface area contributed by atoms with Gasteiger partial charge >= 0.3 is 11.7 Å². The molecule has 1 amide bonds. The van der Waals surface area contributed by atoms with E-state index in [2.05, 4.69) is 5.10 Å². The number of nitro groups is 1. The topological polar surface area (TPSA) is 128 Å². The Morgan fingerprint density at radius 1 is 1.45 bits per heavy atom. The fraction of sp³-hybridized carbons (Fsp3) is 0.500. The van der Waals surface area contributed by atoms with Crippen molar-refractivity contribution in [3.8, 4) is 0 Å². The highest BCUT2D eigenvalue weighted by Crippen LogP contribution is 2.16. The Kier molecular flexibility index (Phi) is 3.94. The summed E-state index contributed by atoms with van der Waals surface area (Å²) in [5, 5.41) is 23.1. The van der Waals surface area contributed by atoms with E-state index < -0.39 is 22.3 Å². The highest BCUT2D eigenvalue weighted by atomic mass is 16.6. The fourth-order valence-electron chi connectivity index (χ4n) is 1.83. The van der Waals surface area contributed by atoms with Crippen molar-refractivity contribution < 1.29 is 24.4 Å². The number of aromatic nitrogens is 2. The van der Waals surface area contributed by atoms with E-state index in [1.54, 1.807) is 0 Å². The number of ether oxygens (including phenoxy) is 1. The number of amides is 1. The number of morpholine rings is 1. The molecule has 2 rings (SSSR count). The van der Waals surface area contributed by atoms with Gasteiger partial charge in [-0.2, -0.15) is 5.10 Å². The summed E-state index contributed by atoms with van der Waals surface area (Å²) in [4.78, 5) is 34.2. The number of carboxylic acid groups (broad SMARTS) is 1. The molecule has 0 spiro atoms. The molecule has 1 aromatic heterocycles. The lowest BCUT2D eigenvalue weighted by atomic mass is 10.4. The standard InChI is InChI=1S/C10H12N4O6/c15-8(12-1-3-20-4-2-12)6-13-5-7(14(18)19)9(11-13)10(16)17/h5H,1-4,6H2,(H,16,17). The van der Waals surface area contributed by atoms with Crippen molar-refractivity contribution in [2.45, 2.75) is 6.54 Å². The molecule has 0 atom stereocenters. The van der Waals surface area contributed by atoms with Gasteiger partial charge in [-0.1, -0.05) is 0 Å². The van der Waals surface area contributed by atoms with E-state index in [-0.39, 0.29) is 12.5 Å². The lowest BCUT2D eigenvalue weighted by Gasteiger charge is -2.26. The van der Waals surface area contributed by atoms with Crippen LogP contribution >= 0.6 is 0 Å². The predicted octanol–water partition coefficient (Wildman–Crippen LogP) is -0.652. The Morgan fingerprint density at radius 3 is 2.60 bits per heavy atom. The van der Waals surface area contributed by atoms with Crippen LogP contribution in [0.25, 0.3) is 0 Å². The quantitative estimate of drug-likeness (QED) is 0.574. The molecule has 0 unspecified atom stereocenters. The van der Waals surface area contributed by atoms with Crippen molar-refractivity contribution in [3.05, 3.63) is 22.0 Å². The number of hydrogen-bond acceptors (Lipinski definition) is 6. The largest absolute Gasteiger partial charge is 0.476 e. The maximum Gasteiger partial charge on any atom is 0.363 e. The van der Waals surface area contributed by atoms with E-state index in [1.807, 2.05) is 0 Å². The van der Waals surface area contributed by atoms with Crippen LogP contribution in [0.5, 0.6) is 0 Å². The molecule has 1 aromatic rings. The van der Waals surface area contributed by atoms with Gasteiger partial charge in [0.25, 0.3) is 0 Å². The zero-order valence-electron chi connectivity index (χ0n) is 10.4. The first-order chi connectivity index (χ1) is 9.49.